The molecule has 0 unspecified atom stereocenters. The minimum absolute atomic E-state index is 0.0446. The number of carbonyl (C=O) groups is 3. The molecule has 0 bridgehead atoms. The number of esters is 1. The summed E-state index contributed by atoms with van der Waals surface area (Å²) in [7, 11) is 1.55. The molecule has 0 saturated carbocycles. The number of ether oxygens (including phenoxy) is 2. The fourth-order valence-electron chi connectivity index (χ4n) is 2.98. The van der Waals surface area contributed by atoms with Gasteiger partial charge >= 0.3 is 5.97 Å². The second-order valence-electron chi connectivity index (χ2n) is 6.95. The van der Waals surface area contributed by atoms with Gasteiger partial charge in [-0.25, -0.2) is 4.79 Å². The van der Waals surface area contributed by atoms with E-state index in [1.807, 2.05) is 24.3 Å². The predicted molar refractivity (Wildman–Crippen MR) is 120 cm³/mol. The van der Waals surface area contributed by atoms with Crippen LogP contribution in [0.2, 0.25) is 0 Å². The Hall–Kier alpha value is -4.07. The maximum Gasteiger partial charge on any atom is 0.338 e. The lowest BCUT2D eigenvalue weighted by Gasteiger charge is -2.20. The largest absolute Gasteiger partial charge is 0.497 e. The third kappa shape index (κ3) is 6.73. The van der Waals surface area contributed by atoms with Crippen molar-refractivity contribution in [3.63, 3.8) is 0 Å². The van der Waals surface area contributed by atoms with Gasteiger partial charge in [0.1, 0.15) is 18.9 Å². The van der Waals surface area contributed by atoms with E-state index in [9.17, 15) is 14.4 Å². The van der Waals surface area contributed by atoms with Crippen LogP contribution in [0.15, 0.2) is 78.6 Å². The van der Waals surface area contributed by atoms with Crippen molar-refractivity contribution in [2.24, 2.45) is 0 Å². The van der Waals surface area contributed by atoms with Gasteiger partial charge in [-0.1, -0.05) is 24.3 Å². The van der Waals surface area contributed by atoms with E-state index in [0.29, 0.717) is 29.0 Å². The number of amides is 2. The van der Waals surface area contributed by atoms with E-state index < -0.39 is 5.97 Å². The summed E-state index contributed by atoms with van der Waals surface area (Å²) in [6.45, 7) is 0.306. The standard InChI is InChI=1S/C24H25N3O5/c1-31-21-11-9-18(10-12-21)24(30)32-15-13-25-23(29)19-6-5-14-27(16-19)17-22(28)26-20-7-3-2-4-8-20/h2-5,7-12,14,16H,6,13,15,17H2,1H3,(H,25,29)(H,26,28). The number of hydrogen-bond acceptors (Lipinski definition) is 6. The lowest BCUT2D eigenvalue weighted by atomic mass is 10.1. The van der Waals surface area contributed by atoms with Crippen molar-refractivity contribution in [3.8, 4) is 5.75 Å². The zero-order valence-corrected chi connectivity index (χ0v) is 17.7. The zero-order chi connectivity index (χ0) is 22.8. The Morgan fingerprint density at radius 2 is 1.78 bits per heavy atom. The number of para-hydroxylation sites is 1. The van der Waals surface area contributed by atoms with Crippen LogP contribution in [0.3, 0.4) is 0 Å². The summed E-state index contributed by atoms with van der Waals surface area (Å²) in [6.07, 6.45) is 5.67. The number of allylic oxidation sites excluding steroid dienone is 1. The molecule has 0 atom stereocenters. The Morgan fingerprint density at radius 1 is 1.03 bits per heavy atom. The summed E-state index contributed by atoms with van der Waals surface area (Å²) in [5.41, 5.74) is 1.63. The second-order valence-corrected chi connectivity index (χ2v) is 6.95. The highest BCUT2D eigenvalue weighted by Gasteiger charge is 2.15. The van der Waals surface area contributed by atoms with Crippen molar-refractivity contribution in [2.75, 3.05) is 32.1 Å². The SMILES string of the molecule is COc1ccc(C(=O)OCCNC(=O)C2=CN(CC(=O)Nc3ccccc3)C=CC2)cc1. The van der Waals surface area contributed by atoms with Gasteiger partial charge in [0.2, 0.25) is 11.8 Å². The molecular formula is C24H25N3O5. The lowest BCUT2D eigenvalue weighted by Crippen LogP contribution is -2.32. The first kappa shape index (κ1) is 22.6. The molecule has 2 N–H and O–H groups in total. The van der Waals surface area contributed by atoms with Crippen LogP contribution in [-0.2, 0) is 14.3 Å². The van der Waals surface area contributed by atoms with E-state index in [-0.39, 0.29) is 31.5 Å². The fourth-order valence-corrected chi connectivity index (χ4v) is 2.98. The van der Waals surface area contributed by atoms with Crippen LogP contribution >= 0.6 is 0 Å². The molecule has 2 aromatic carbocycles. The highest BCUT2D eigenvalue weighted by Crippen LogP contribution is 2.14. The van der Waals surface area contributed by atoms with Crippen molar-refractivity contribution in [1.29, 1.82) is 0 Å². The van der Waals surface area contributed by atoms with Crippen LogP contribution in [0.4, 0.5) is 5.69 Å². The third-order valence-electron chi connectivity index (χ3n) is 4.58. The average Bonchev–Trinajstić information content (AvgIpc) is 2.82. The number of nitrogens with zero attached hydrogens (tertiary/aromatic N) is 1. The van der Waals surface area contributed by atoms with Crippen molar-refractivity contribution < 1.29 is 23.9 Å². The first-order valence-corrected chi connectivity index (χ1v) is 10.1. The number of methoxy groups -OCH3 is 1. The Labute approximate surface area is 186 Å². The van der Waals surface area contributed by atoms with Crippen LogP contribution in [0.25, 0.3) is 0 Å². The monoisotopic (exact) mass is 435 g/mol. The molecule has 8 nitrogen and oxygen atoms in total. The van der Waals surface area contributed by atoms with Gasteiger partial charge in [0.05, 0.1) is 19.2 Å². The molecule has 0 spiro atoms. The van der Waals surface area contributed by atoms with E-state index in [4.69, 9.17) is 9.47 Å². The molecule has 1 aliphatic rings. The Bertz CT molecular complexity index is 1000. The minimum atomic E-state index is -0.475. The van der Waals surface area contributed by atoms with Crippen molar-refractivity contribution in [1.82, 2.24) is 10.2 Å². The summed E-state index contributed by atoms with van der Waals surface area (Å²) in [5, 5.41) is 5.53. The summed E-state index contributed by atoms with van der Waals surface area (Å²) < 4.78 is 10.2. The number of anilines is 1. The molecule has 0 aromatic heterocycles. The predicted octanol–water partition coefficient (Wildman–Crippen LogP) is 2.71. The number of benzene rings is 2. The summed E-state index contributed by atoms with van der Waals surface area (Å²) in [5.74, 6) is -0.292. The van der Waals surface area contributed by atoms with Gasteiger partial charge in [-0.05, 0) is 42.8 Å². The van der Waals surface area contributed by atoms with E-state index in [1.165, 1.54) is 0 Å². The number of carbonyl (C=O) groups excluding carboxylic acids is 3. The van der Waals surface area contributed by atoms with Gasteiger partial charge in [-0.3, -0.25) is 9.59 Å². The van der Waals surface area contributed by atoms with Crippen molar-refractivity contribution >= 4 is 23.5 Å². The Morgan fingerprint density at radius 3 is 2.50 bits per heavy atom. The molecule has 0 radical (unpaired) electrons. The highest BCUT2D eigenvalue weighted by atomic mass is 16.5. The van der Waals surface area contributed by atoms with Crippen molar-refractivity contribution in [2.45, 2.75) is 6.42 Å². The number of rotatable bonds is 9. The van der Waals surface area contributed by atoms with E-state index in [0.717, 1.165) is 0 Å². The summed E-state index contributed by atoms with van der Waals surface area (Å²) >= 11 is 0. The molecule has 32 heavy (non-hydrogen) atoms. The van der Waals surface area contributed by atoms with Crippen LogP contribution in [0.5, 0.6) is 5.75 Å². The average molecular weight is 435 g/mol. The molecule has 0 saturated heterocycles. The van der Waals surface area contributed by atoms with Crippen LogP contribution in [0.1, 0.15) is 16.8 Å². The quantitative estimate of drug-likeness (QED) is 0.464. The van der Waals surface area contributed by atoms with E-state index in [1.54, 1.807) is 60.8 Å². The van der Waals surface area contributed by atoms with Gasteiger partial charge in [0, 0.05) is 23.7 Å². The van der Waals surface area contributed by atoms with Crippen LogP contribution in [-0.4, -0.2) is 49.5 Å². The Kier molecular flexibility index (Phi) is 8.02. The Balaban J connectivity index is 1.41. The van der Waals surface area contributed by atoms with Gasteiger partial charge < -0.3 is 25.0 Å². The smallest absolute Gasteiger partial charge is 0.338 e. The minimum Gasteiger partial charge on any atom is -0.497 e. The molecule has 1 heterocycles. The zero-order valence-electron chi connectivity index (χ0n) is 17.7. The molecule has 1 aliphatic heterocycles. The number of nitrogens with one attached hydrogen (secondary N) is 2. The second kappa shape index (κ2) is 11.4. The third-order valence-corrected chi connectivity index (χ3v) is 4.58. The first-order valence-electron chi connectivity index (χ1n) is 10.1. The van der Waals surface area contributed by atoms with Gasteiger partial charge in [-0.2, -0.15) is 0 Å². The highest BCUT2D eigenvalue weighted by molar-refractivity contribution is 5.95. The van der Waals surface area contributed by atoms with E-state index in [2.05, 4.69) is 10.6 Å². The number of hydrogen-bond donors (Lipinski definition) is 2. The van der Waals surface area contributed by atoms with E-state index >= 15 is 0 Å². The maximum absolute atomic E-state index is 12.4. The van der Waals surface area contributed by atoms with Gasteiger partial charge in [0.15, 0.2) is 0 Å². The molecule has 0 fully saturated rings. The first-order chi connectivity index (χ1) is 15.5. The summed E-state index contributed by atoms with van der Waals surface area (Å²) in [6, 6.07) is 15.7. The molecule has 166 valence electrons. The van der Waals surface area contributed by atoms with Gasteiger partial charge in [-0.15, -0.1) is 0 Å². The fraction of sp³-hybridized carbons (Fsp3) is 0.208. The maximum atomic E-state index is 12.4. The molecular weight excluding hydrogens is 410 g/mol. The van der Waals surface area contributed by atoms with Crippen molar-refractivity contribution in [3.05, 3.63) is 84.2 Å². The summed E-state index contributed by atoms with van der Waals surface area (Å²) in [4.78, 5) is 38.3. The van der Waals surface area contributed by atoms with Crippen LogP contribution in [0, 0.1) is 0 Å². The molecule has 8 heteroatoms. The molecule has 2 amide bonds. The topological polar surface area (TPSA) is 97.0 Å². The molecule has 3 rings (SSSR count). The van der Waals surface area contributed by atoms with Crippen LogP contribution < -0.4 is 15.4 Å². The molecule has 2 aromatic rings. The normalized spacial score (nSPS) is 12.5. The van der Waals surface area contributed by atoms with Gasteiger partial charge in [0.25, 0.3) is 0 Å². The molecule has 0 aliphatic carbocycles. The lowest BCUT2D eigenvalue weighted by molar-refractivity contribution is -0.118.